The fraction of sp³-hybridized carbons (Fsp3) is 0.417. The molecule has 0 unspecified atom stereocenters. The number of sulfonamides is 1. The van der Waals surface area contributed by atoms with Crippen molar-refractivity contribution in [3.63, 3.8) is 0 Å². The number of hydrogen-bond donors (Lipinski definition) is 0. The van der Waals surface area contributed by atoms with Crippen LogP contribution in [-0.4, -0.2) is 87.8 Å². The fourth-order valence-electron chi connectivity index (χ4n) is 3.58. The SMILES string of the molecule is COc1ccc(OCCN(C)C(=O)CCC(=O)N2CCN(S(=O)(=O)c3ccccc3)CC2)cc1. The van der Waals surface area contributed by atoms with E-state index in [4.69, 9.17) is 9.47 Å². The molecule has 2 amide bonds. The van der Waals surface area contributed by atoms with Gasteiger partial charge in [0.15, 0.2) is 0 Å². The van der Waals surface area contributed by atoms with Crippen LogP contribution in [0.3, 0.4) is 0 Å². The minimum absolute atomic E-state index is 0.0912. The summed E-state index contributed by atoms with van der Waals surface area (Å²) in [6.07, 6.45) is 0.189. The van der Waals surface area contributed by atoms with Gasteiger partial charge in [-0.2, -0.15) is 4.31 Å². The summed E-state index contributed by atoms with van der Waals surface area (Å²) in [5, 5.41) is 0. The van der Waals surface area contributed by atoms with E-state index < -0.39 is 10.0 Å². The minimum Gasteiger partial charge on any atom is -0.497 e. The van der Waals surface area contributed by atoms with Crippen LogP contribution < -0.4 is 9.47 Å². The Hall–Kier alpha value is -3.11. The van der Waals surface area contributed by atoms with Gasteiger partial charge in [0.05, 0.1) is 18.6 Å². The molecule has 184 valence electrons. The zero-order valence-electron chi connectivity index (χ0n) is 19.6. The van der Waals surface area contributed by atoms with Crippen molar-refractivity contribution in [3.05, 3.63) is 54.6 Å². The Morgan fingerprint density at radius 2 is 1.53 bits per heavy atom. The molecule has 0 aromatic heterocycles. The van der Waals surface area contributed by atoms with Crippen molar-refractivity contribution < 1.29 is 27.5 Å². The summed E-state index contributed by atoms with van der Waals surface area (Å²) in [4.78, 5) is 28.4. The van der Waals surface area contributed by atoms with E-state index in [-0.39, 0.29) is 42.6 Å². The maximum atomic E-state index is 12.7. The number of likely N-dealkylation sites (N-methyl/N-ethyl adjacent to an activating group) is 1. The van der Waals surface area contributed by atoms with Crippen molar-refractivity contribution in [1.29, 1.82) is 0 Å². The summed E-state index contributed by atoms with van der Waals surface area (Å²) in [5.74, 6) is 1.14. The number of carbonyl (C=O) groups excluding carboxylic acids is 2. The number of rotatable bonds is 10. The molecule has 9 nitrogen and oxygen atoms in total. The number of hydrogen-bond acceptors (Lipinski definition) is 6. The van der Waals surface area contributed by atoms with Gasteiger partial charge in [0.2, 0.25) is 21.8 Å². The van der Waals surface area contributed by atoms with Crippen molar-refractivity contribution in [2.75, 3.05) is 53.5 Å². The summed E-state index contributed by atoms with van der Waals surface area (Å²) >= 11 is 0. The molecule has 3 rings (SSSR count). The van der Waals surface area contributed by atoms with Gasteiger partial charge in [0.1, 0.15) is 18.1 Å². The van der Waals surface area contributed by atoms with Crippen LogP contribution in [0.4, 0.5) is 0 Å². The second kappa shape index (κ2) is 11.8. The largest absolute Gasteiger partial charge is 0.497 e. The molecule has 0 radical (unpaired) electrons. The lowest BCUT2D eigenvalue weighted by molar-refractivity contribution is -0.137. The molecule has 1 aliphatic heterocycles. The Labute approximate surface area is 200 Å². The standard InChI is InChI=1S/C24H31N3O6S/c1-25(18-19-33-21-10-8-20(32-2)9-11-21)23(28)12-13-24(29)26-14-16-27(17-15-26)34(30,31)22-6-4-3-5-7-22/h3-11H,12-19H2,1-2H3. The van der Waals surface area contributed by atoms with E-state index >= 15 is 0 Å². The molecule has 2 aromatic carbocycles. The highest BCUT2D eigenvalue weighted by Gasteiger charge is 2.30. The molecule has 0 N–H and O–H groups in total. The average molecular weight is 490 g/mol. The lowest BCUT2D eigenvalue weighted by Crippen LogP contribution is -2.50. The van der Waals surface area contributed by atoms with E-state index in [0.717, 1.165) is 5.75 Å². The summed E-state index contributed by atoms with van der Waals surface area (Å²) in [6, 6.07) is 15.5. The number of amides is 2. The van der Waals surface area contributed by atoms with Crippen LogP contribution in [0.1, 0.15) is 12.8 Å². The molecule has 0 aliphatic carbocycles. The number of methoxy groups -OCH3 is 1. The highest BCUT2D eigenvalue weighted by Crippen LogP contribution is 2.18. The number of benzene rings is 2. The number of piperazine rings is 1. The molecular weight excluding hydrogens is 458 g/mol. The van der Waals surface area contributed by atoms with Crippen molar-refractivity contribution >= 4 is 21.8 Å². The van der Waals surface area contributed by atoms with Crippen LogP contribution in [0.5, 0.6) is 11.5 Å². The zero-order chi connectivity index (χ0) is 24.6. The second-order valence-electron chi connectivity index (χ2n) is 7.94. The van der Waals surface area contributed by atoms with E-state index in [2.05, 4.69) is 0 Å². The first kappa shape index (κ1) is 25.5. The number of carbonyl (C=O) groups is 2. The second-order valence-corrected chi connectivity index (χ2v) is 9.88. The van der Waals surface area contributed by atoms with E-state index in [1.165, 1.54) is 4.31 Å². The Balaban J connectivity index is 1.37. The molecule has 0 spiro atoms. The molecule has 1 heterocycles. The van der Waals surface area contributed by atoms with E-state index in [9.17, 15) is 18.0 Å². The van der Waals surface area contributed by atoms with E-state index in [0.29, 0.717) is 32.0 Å². The van der Waals surface area contributed by atoms with Crippen molar-refractivity contribution in [2.45, 2.75) is 17.7 Å². The van der Waals surface area contributed by atoms with Gasteiger partial charge in [0.25, 0.3) is 0 Å². The maximum Gasteiger partial charge on any atom is 0.243 e. The quantitative estimate of drug-likeness (QED) is 0.505. The molecule has 10 heteroatoms. The topological polar surface area (TPSA) is 96.5 Å². The summed E-state index contributed by atoms with van der Waals surface area (Å²) in [7, 11) is -0.291. The summed E-state index contributed by atoms with van der Waals surface area (Å²) < 4.78 is 37.6. The molecular formula is C24H31N3O6S. The Kier molecular flexibility index (Phi) is 8.89. The maximum absolute atomic E-state index is 12.7. The molecule has 1 fully saturated rings. The Morgan fingerprint density at radius 3 is 2.15 bits per heavy atom. The Bertz CT molecular complexity index is 1050. The van der Waals surface area contributed by atoms with Gasteiger partial charge in [-0.05, 0) is 36.4 Å². The van der Waals surface area contributed by atoms with Crippen molar-refractivity contribution in [2.24, 2.45) is 0 Å². The van der Waals surface area contributed by atoms with Crippen LogP contribution >= 0.6 is 0 Å². The van der Waals surface area contributed by atoms with Crippen molar-refractivity contribution in [1.82, 2.24) is 14.1 Å². The summed E-state index contributed by atoms with van der Waals surface area (Å²) in [6.45, 7) is 1.82. The number of nitrogens with zero attached hydrogens (tertiary/aromatic N) is 3. The molecule has 0 atom stereocenters. The van der Waals surface area contributed by atoms with Gasteiger partial charge in [-0.3, -0.25) is 9.59 Å². The third-order valence-electron chi connectivity index (χ3n) is 5.71. The van der Waals surface area contributed by atoms with Gasteiger partial charge in [0, 0.05) is 46.1 Å². The highest BCUT2D eigenvalue weighted by molar-refractivity contribution is 7.89. The predicted octanol–water partition coefficient (Wildman–Crippen LogP) is 1.85. The van der Waals surface area contributed by atoms with Gasteiger partial charge in [-0.15, -0.1) is 0 Å². The molecule has 34 heavy (non-hydrogen) atoms. The predicted molar refractivity (Wildman–Crippen MR) is 127 cm³/mol. The molecule has 2 aromatic rings. The first-order valence-corrected chi connectivity index (χ1v) is 12.6. The van der Waals surface area contributed by atoms with Crippen LogP contribution in [0.25, 0.3) is 0 Å². The van der Waals surface area contributed by atoms with Crippen LogP contribution in [0.15, 0.2) is 59.5 Å². The first-order chi connectivity index (χ1) is 16.3. The zero-order valence-corrected chi connectivity index (χ0v) is 20.4. The monoisotopic (exact) mass is 489 g/mol. The molecule has 1 saturated heterocycles. The molecule has 1 aliphatic rings. The Morgan fingerprint density at radius 1 is 0.912 bits per heavy atom. The average Bonchev–Trinajstić information content (AvgIpc) is 2.88. The van der Waals surface area contributed by atoms with E-state index in [1.807, 2.05) is 0 Å². The van der Waals surface area contributed by atoms with Crippen LogP contribution in [0.2, 0.25) is 0 Å². The smallest absolute Gasteiger partial charge is 0.243 e. The third kappa shape index (κ3) is 6.71. The lowest BCUT2D eigenvalue weighted by Gasteiger charge is -2.34. The van der Waals surface area contributed by atoms with Crippen LogP contribution in [-0.2, 0) is 19.6 Å². The van der Waals surface area contributed by atoms with Crippen molar-refractivity contribution in [3.8, 4) is 11.5 Å². The molecule has 0 saturated carbocycles. The highest BCUT2D eigenvalue weighted by atomic mass is 32.2. The van der Waals surface area contributed by atoms with E-state index in [1.54, 1.807) is 78.6 Å². The van der Waals surface area contributed by atoms with Gasteiger partial charge >= 0.3 is 0 Å². The minimum atomic E-state index is -3.56. The fourth-order valence-corrected chi connectivity index (χ4v) is 5.02. The van der Waals surface area contributed by atoms with Gasteiger partial charge < -0.3 is 19.3 Å². The number of ether oxygens (including phenoxy) is 2. The van der Waals surface area contributed by atoms with Gasteiger partial charge in [-0.1, -0.05) is 18.2 Å². The van der Waals surface area contributed by atoms with Gasteiger partial charge in [-0.25, -0.2) is 8.42 Å². The van der Waals surface area contributed by atoms with Crippen LogP contribution in [0, 0.1) is 0 Å². The molecule has 0 bridgehead atoms. The summed E-state index contributed by atoms with van der Waals surface area (Å²) in [5.41, 5.74) is 0. The first-order valence-electron chi connectivity index (χ1n) is 11.1. The lowest BCUT2D eigenvalue weighted by atomic mass is 10.2. The normalized spacial score (nSPS) is 14.5. The third-order valence-corrected chi connectivity index (χ3v) is 7.62.